The third kappa shape index (κ3) is 2.75. The molecule has 0 amide bonds. The van der Waals surface area contributed by atoms with Gasteiger partial charge in [0.25, 0.3) is 0 Å². The molecule has 22 heavy (non-hydrogen) atoms. The molecule has 0 atom stereocenters. The molecule has 0 saturated heterocycles. The number of aromatic nitrogens is 1. The molecule has 0 aliphatic heterocycles. The summed E-state index contributed by atoms with van der Waals surface area (Å²) in [6, 6.07) is 11.8. The molecule has 6 heteroatoms. The molecule has 0 bridgehead atoms. The third-order valence-corrected chi connectivity index (χ3v) is 3.18. The van der Waals surface area contributed by atoms with E-state index < -0.39 is 5.97 Å². The fourth-order valence-corrected chi connectivity index (χ4v) is 2.14. The number of aromatic carboxylic acids is 1. The van der Waals surface area contributed by atoms with E-state index in [2.05, 4.69) is 11.1 Å². The number of carboxylic acids is 1. The van der Waals surface area contributed by atoms with E-state index in [1.165, 1.54) is 12.1 Å². The van der Waals surface area contributed by atoms with Gasteiger partial charge in [-0.3, -0.25) is 0 Å². The summed E-state index contributed by atoms with van der Waals surface area (Å²) in [5, 5.41) is 17.8. The van der Waals surface area contributed by atoms with Crippen molar-refractivity contribution in [3.8, 4) is 17.5 Å². The minimum atomic E-state index is -0.978. The molecule has 3 aromatic rings. The van der Waals surface area contributed by atoms with Crippen LogP contribution in [0.3, 0.4) is 0 Å². The van der Waals surface area contributed by atoms with Crippen LogP contribution in [0.1, 0.15) is 21.5 Å². The zero-order chi connectivity index (χ0) is 15.0. The SMILES string of the molecule is Cc1cc(C#N)cc2nc(-c3ccc(C(=O)O)cc3)oc12.[LiH]. The molecule has 0 unspecified atom stereocenters. The topological polar surface area (TPSA) is 87.1 Å². The summed E-state index contributed by atoms with van der Waals surface area (Å²) in [6.45, 7) is 1.85. The second-order valence-electron chi connectivity index (χ2n) is 4.65. The van der Waals surface area contributed by atoms with Crippen molar-refractivity contribution in [2.75, 3.05) is 0 Å². The van der Waals surface area contributed by atoms with Gasteiger partial charge in [-0.2, -0.15) is 5.26 Å². The number of carboxylic acid groups (broad SMARTS) is 1. The molecule has 1 heterocycles. The Labute approximate surface area is 138 Å². The summed E-state index contributed by atoms with van der Waals surface area (Å²) in [7, 11) is 0. The summed E-state index contributed by atoms with van der Waals surface area (Å²) in [6.07, 6.45) is 0. The predicted molar refractivity (Wildman–Crippen MR) is 83.0 cm³/mol. The summed E-state index contributed by atoms with van der Waals surface area (Å²) >= 11 is 0. The van der Waals surface area contributed by atoms with Crippen molar-refractivity contribution < 1.29 is 14.3 Å². The molecule has 0 radical (unpaired) electrons. The zero-order valence-electron chi connectivity index (χ0n) is 11.1. The number of fused-ring (bicyclic) bond motifs is 1. The average Bonchev–Trinajstić information content (AvgIpc) is 2.91. The van der Waals surface area contributed by atoms with Crippen LogP contribution in [0.5, 0.6) is 0 Å². The normalized spacial score (nSPS) is 10.0. The van der Waals surface area contributed by atoms with Gasteiger partial charge in [-0.1, -0.05) is 0 Å². The van der Waals surface area contributed by atoms with Gasteiger partial charge in [-0.25, -0.2) is 9.78 Å². The van der Waals surface area contributed by atoms with E-state index in [0.717, 1.165) is 5.56 Å². The van der Waals surface area contributed by atoms with Gasteiger partial charge in [0.2, 0.25) is 5.89 Å². The van der Waals surface area contributed by atoms with Crippen LogP contribution >= 0.6 is 0 Å². The van der Waals surface area contributed by atoms with E-state index in [4.69, 9.17) is 14.8 Å². The molecule has 104 valence electrons. The van der Waals surface area contributed by atoms with Gasteiger partial charge in [-0.15, -0.1) is 0 Å². The molecule has 1 N–H and O–H groups in total. The van der Waals surface area contributed by atoms with Crippen LogP contribution in [0, 0.1) is 18.3 Å². The quantitative estimate of drug-likeness (QED) is 0.732. The van der Waals surface area contributed by atoms with Crippen LogP contribution in [-0.2, 0) is 0 Å². The molecule has 5 nitrogen and oxygen atoms in total. The van der Waals surface area contributed by atoms with Gasteiger partial charge in [0.1, 0.15) is 5.52 Å². The van der Waals surface area contributed by atoms with Crippen LogP contribution in [-0.4, -0.2) is 34.9 Å². The van der Waals surface area contributed by atoms with E-state index in [-0.39, 0.29) is 24.4 Å². The van der Waals surface area contributed by atoms with Gasteiger partial charge >= 0.3 is 24.8 Å². The van der Waals surface area contributed by atoms with Crippen LogP contribution < -0.4 is 0 Å². The number of nitrogens with zero attached hydrogens (tertiary/aromatic N) is 2. The average molecular weight is 286 g/mol. The molecule has 0 saturated carbocycles. The first kappa shape index (κ1) is 15.8. The molecule has 3 rings (SSSR count). The Hall–Kier alpha value is -2.53. The molecule has 1 aromatic heterocycles. The maximum absolute atomic E-state index is 10.8. The molecule has 0 fully saturated rings. The zero-order valence-corrected chi connectivity index (χ0v) is 11.1. The number of oxazole rings is 1. The number of hydrogen-bond donors (Lipinski definition) is 1. The van der Waals surface area contributed by atoms with Crippen LogP contribution in [0.4, 0.5) is 0 Å². The Morgan fingerprint density at radius 3 is 2.55 bits per heavy atom. The van der Waals surface area contributed by atoms with E-state index in [0.29, 0.717) is 28.1 Å². The number of benzene rings is 2. The van der Waals surface area contributed by atoms with E-state index in [1.54, 1.807) is 24.3 Å². The standard InChI is InChI=1S/C16H10N2O3.Li.H/c1-9-6-10(8-17)7-13-14(9)21-15(18-13)11-2-4-12(5-3-11)16(19)20;;/h2-7H,1H3,(H,19,20);;. The Morgan fingerprint density at radius 2 is 1.95 bits per heavy atom. The Bertz CT molecular complexity index is 892. The minimum absolute atomic E-state index is 0. The number of aryl methyl sites for hydroxylation is 1. The van der Waals surface area contributed by atoms with Crippen molar-refractivity contribution in [1.82, 2.24) is 4.98 Å². The van der Waals surface area contributed by atoms with Crippen molar-refractivity contribution in [3.63, 3.8) is 0 Å². The van der Waals surface area contributed by atoms with Crippen molar-refractivity contribution in [1.29, 1.82) is 5.26 Å². The van der Waals surface area contributed by atoms with Gasteiger partial charge < -0.3 is 9.52 Å². The third-order valence-electron chi connectivity index (χ3n) is 3.18. The second kappa shape index (κ2) is 6.07. The molecule has 0 aliphatic carbocycles. The Kier molecular flexibility index (Phi) is 4.37. The monoisotopic (exact) mass is 286 g/mol. The van der Waals surface area contributed by atoms with Crippen molar-refractivity contribution in [2.24, 2.45) is 0 Å². The van der Waals surface area contributed by atoms with Crippen LogP contribution in [0.2, 0.25) is 0 Å². The molecular formula is C16H11LiN2O3. The van der Waals surface area contributed by atoms with Crippen molar-refractivity contribution in [2.45, 2.75) is 6.92 Å². The first-order valence-electron chi connectivity index (χ1n) is 6.23. The second-order valence-corrected chi connectivity index (χ2v) is 4.65. The summed E-state index contributed by atoms with van der Waals surface area (Å²) in [5.74, 6) is -0.575. The Balaban J connectivity index is 0.00000176. The van der Waals surface area contributed by atoms with Crippen molar-refractivity contribution in [3.05, 3.63) is 53.1 Å². The number of rotatable bonds is 2. The van der Waals surface area contributed by atoms with Crippen LogP contribution in [0.25, 0.3) is 22.6 Å². The van der Waals surface area contributed by atoms with Crippen LogP contribution in [0.15, 0.2) is 40.8 Å². The molecule has 2 aromatic carbocycles. The van der Waals surface area contributed by atoms with Gasteiger partial charge in [0.15, 0.2) is 5.58 Å². The molecule has 0 spiro atoms. The fraction of sp³-hybridized carbons (Fsp3) is 0.0625. The van der Waals surface area contributed by atoms with Gasteiger partial charge in [0, 0.05) is 5.56 Å². The first-order chi connectivity index (χ1) is 10.1. The Morgan fingerprint density at radius 1 is 1.27 bits per heavy atom. The van der Waals surface area contributed by atoms with Gasteiger partial charge in [0.05, 0.1) is 17.2 Å². The maximum atomic E-state index is 10.8. The van der Waals surface area contributed by atoms with E-state index in [1.807, 2.05) is 6.92 Å². The number of hydrogen-bond acceptors (Lipinski definition) is 4. The van der Waals surface area contributed by atoms with Crippen molar-refractivity contribution >= 4 is 35.9 Å². The first-order valence-corrected chi connectivity index (χ1v) is 6.23. The predicted octanol–water partition coefficient (Wildman–Crippen LogP) is 2.72. The van der Waals surface area contributed by atoms with E-state index in [9.17, 15) is 4.79 Å². The number of nitriles is 1. The number of carbonyl (C=O) groups is 1. The summed E-state index contributed by atoms with van der Waals surface area (Å²) in [4.78, 5) is 15.2. The summed E-state index contributed by atoms with van der Waals surface area (Å²) in [5.41, 5.74) is 3.51. The van der Waals surface area contributed by atoms with Gasteiger partial charge in [-0.05, 0) is 48.9 Å². The molecule has 0 aliphatic rings. The van der Waals surface area contributed by atoms with E-state index >= 15 is 0 Å². The summed E-state index contributed by atoms with van der Waals surface area (Å²) < 4.78 is 5.72. The fourth-order valence-electron chi connectivity index (χ4n) is 2.14. The molecular weight excluding hydrogens is 275 g/mol.